The van der Waals surface area contributed by atoms with Crippen LogP contribution in [-0.2, 0) is 9.59 Å². The van der Waals surface area contributed by atoms with Crippen LogP contribution in [0, 0.1) is 12.8 Å². The molecule has 0 saturated heterocycles. The number of hydrogen-bond donors (Lipinski definition) is 3. The monoisotopic (exact) mass is 538 g/mol. The van der Waals surface area contributed by atoms with Gasteiger partial charge in [0.2, 0.25) is 11.8 Å². The van der Waals surface area contributed by atoms with Gasteiger partial charge in [-0.25, -0.2) is 4.79 Å². The minimum atomic E-state index is -0.774. The highest BCUT2D eigenvalue weighted by atomic mass is 35.5. The molecule has 0 unspecified atom stereocenters. The highest BCUT2D eigenvalue weighted by Gasteiger charge is 2.40. The van der Waals surface area contributed by atoms with Crippen LogP contribution in [0.4, 0.5) is 16.2 Å². The maximum absolute atomic E-state index is 14.1. The molecule has 1 aliphatic carbocycles. The first-order valence-corrected chi connectivity index (χ1v) is 13.9. The molecular formula is C30H39ClN4O3. The minimum Gasteiger partial charge on any atom is -0.350 e. The number of fused-ring (bicyclic) bond motifs is 1. The SMILES string of the molecule is Cc1ccc2c(c1)N(CC(=O)NC(C)(C)C)C(=O)[C@H](NC(=O)Nc1ccc(Cl)cc1)C[C@@H]2C1CCCCC1. The standard InChI is InChI=1S/C30H39ClN4O3/c1-19-10-15-23-24(20-8-6-5-7-9-20)17-25(33-29(38)32-22-13-11-21(31)12-14-22)28(37)35(26(23)16-19)18-27(36)34-30(2,3)4/h10-16,20,24-25H,5-9,17-18H2,1-4H3,(H,34,36)(H2,32,33,38)/t24-,25-/m1/s1. The maximum Gasteiger partial charge on any atom is 0.319 e. The van der Waals surface area contributed by atoms with Crippen LogP contribution >= 0.6 is 11.6 Å². The molecule has 2 aromatic carbocycles. The molecule has 0 aromatic heterocycles. The topological polar surface area (TPSA) is 90.5 Å². The second-order valence-corrected chi connectivity index (χ2v) is 12.1. The Balaban J connectivity index is 1.67. The second-order valence-electron chi connectivity index (χ2n) is 11.7. The summed E-state index contributed by atoms with van der Waals surface area (Å²) < 4.78 is 0. The van der Waals surface area contributed by atoms with Crippen molar-refractivity contribution in [2.24, 2.45) is 5.92 Å². The van der Waals surface area contributed by atoms with E-state index in [0.29, 0.717) is 23.0 Å². The lowest BCUT2D eigenvalue weighted by molar-refractivity contribution is -0.125. The summed E-state index contributed by atoms with van der Waals surface area (Å²) in [5.41, 5.74) is 3.03. The third-order valence-electron chi connectivity index (χ3n) is 7.37. The van der Waals surface area contributed by atoms with Gasteiger partial charge >= 0.3 is 6.03 Å². The Kier molecular flexibility index (Phi) is 8.66. The predicted molar refractivity (Wildman–Crippen MR) is 153 cm³/mol. The summed E-state index contributed by atoms with van der Waals surface area (Å²) >= 11 is 5.97. The molecule has 1 aliphatic heterocycles. The Hall–Kier alpha value is -3.06. The van der Waals surface area contributed by atoms with Crippen molar-refractivity contribution in [3.63, 3.8) is 0 Å². The maximum atomic E-state index is 14.1. The van der Waals surface area contributed by atoms with Gasteiger partial charge in [-0.15, -0.1) is 0 Å². The number of aryl methyl sites for hydroxylation is 1. The number of carbonyl (C=O) groups is 3. The lowest BCUT2D eigenvalue weighted by atomic mass is 9.74. The lowest BCUT2D eigenvalue weighted by Crippen LogP contribution is -2.53. The van der Waals surface area contributed by atoms with Crippen molar-refractivity contribution < 1.29 is 14.4 Å². The highest BCUT2D eigenvalue weighted by molar-refractivity contribution is 6.30. The van der Waals surface area contributed by atoms with Crippen molar-refractivity contribution in [1.29, 1.82) is 0 Å². The van der Waals surface area contributed by atoms with Crippen LogP contribution in [0.5, 0.6) is 0 Å². The zero-order valence-electron chi connectivity index (χ0n) is 22.8. The summed E-state index contributed by atoms with van der Waals surface area (Å²) in [7, 11) is 0. The van der Waals surface area contributed by atoms with Gasteiger partial charge in [0.1, 0.15) is 12.6 Å². The Morgan fingerprint density at radius 1 is 1.03 bits per heavy atom. The number of amides is 4. The number of anilines is 2. The lowest BCUT2D eigenvalue weighted by Gasteiger charge is -2.32. The molecule has 4 rings (SSSR count). The first kappa shape index (κ1) is 28.0. The number of halogens is 1. The van der Waals surface area contributed by atoms with E-state index in [2.05, 4.69) is 28.1 Å². The fourth-order valence-electron chi connectivity index (χ4n) is 5.72. The van der Waals surface area contributed by atoms with E-state index in [-0.39, 0.29) is 24.3 Å². The van der Waals surface area contributed by atoms with Crippen LogP contribution in [0.3, 0.4) is 0 Å². The number of urea groups is 1. The van der Waals surface area contributed by atoms with Crippen LogP contribution < -0.4 is 20.9 Å². The Labute approximate surface area is 230 Å². The summed E-state index contributed by atoms with van der Waals surface area (Å²) in [5, 5.41) is 9.29. The average molecular weight is 539 g/mol. The molecule has 1 fully saturated rings. The molecule has 0 radical (unpaired) electrons. The third-order valence-corrected chi connectivity index (χ3v) is 7.62. The number of carbonyl (C=O) groups excluding carboxylic acids is 3. The van der Waals surface area contributed by atoms with Crippen molar-refractivity contribution in [1.82, 2.24) is 10.6 Å². The van der Waals surface area contributed by atoms with Crippen LogP contribution in [-0.4, -0.2) is 36.0 Å². The van der Waals surface area contributed by atoms with Gasteiger partial charge in [0, 0.05) is 21.9 Å². The first-order valence-electron chi connectivity index (χ1n) is 13.6. The van der Waals surface area contributed by atoms with Gasteiger partial charge < -0.3 is 20.9 Å². The van der Waals surface area contributed by atoms with Crippen molar-refractivity contribution in [3.05, 3.63) is 58.6 Å². The van der Waals surface area contributed by atoms with Gasteiger partial charge in [-0.05, 0) is 100 Å². The molecule has 2 aliphatic rings. The quantitative estimate of drug-likeness (QED) is 0.426. The number of benzene rings is 2. The number of rotatable bonds is 5. The number of nitrogens with one attached hydrogen (secondary N) is 3. The molecule has 204 valence electrons. The van der Waals surface area contributed by atoms with E-state index in [1.165, 1.54) is 19.3 Å². The third kappa shape index (κ3) is 7.07. The summed E-state index contributed by atoms with van der Waals surface area (Å²) in [6, 6.07) is 11.8. The molecule has 2 atom stereocenters. The molecule has 8 heteroatoms. The average Bonchev–Trinajstić information content (AvgIpc) is 2.95. The van der Waals surface area contributed by atoms with E-state index in [9.17, 15) is 14.4 Å². The summed E-state index contributed by atoms with van der Waals surface area (Å²) in [5.74, 6) is 0.0145. The van der Waals surface area contributed by atoms with Crippen molar-refractivity contribution >= 4 is 40.8 Å². The van der Waals surface area contributed by atoms with E-state index >= 15 is 0 Å². The minimum absolute atomic E-state index is 0.103. The summed E-state index contributed by atoms with van der Waals surface area (Å²) in [6.45, 7) is 7.63. The molecule has 1 saturated carbocycles. The van der Waals surface area contributed by atoms with Crippen LogP contribution in [0.1, 0.15) is 76.3 Å². The van der Waals surface area contributed by atoms with E-state index in [1.807, 2.05) is 33.8 Å². The Morgan fingerprint density at radius 3 is 2.37 bits per heavy atom. The van der Waals surface area contributed by atoms with Crippen LogP contribution in [0.2, 0.25) is 5.02 Å². The van der Waals surface area contributed by atoms with Crippen LogP contribution in [0.15, 0.2) is 42.5 Å². The van der Waals surface area contributed by atoms with Gasteiger partial charge in [0.15, 0.2) is 0 Å². The summed E-state index contributed by atoms with van der Waals surface area (Å²) in [4.78, 5) is 41.7. The first-order chi connectivity index (χ1) is 18.0. The van der Waals surface area contributed by atoms with E-state index < -0.39 is 17.6 Å². The molecular weight excluding hydrogens is 500 g/mol. The molecule has 0 bridgehead atoms. The largest absolute Gasteiger partial charge is 0.350 e. The van der Waals surface area contributed by atoms with Gasteiger partial charge in [0.05, 0.1) is 0 Å². The van der Waals surface area contributed by atoms with Gasteiger partial charge in [-0.1, -0.05) is 43.0 Å². The second kappa shape index (κ2) is 11.8. The number of nitrogens with zero attached hydrogens (tertiary/aromatic N) is 1. The molecule has 1 heterocycles. The predicted octanol–water partition coefficient (Wildman–Crippen LogP) is 6.15. The Bertz CT molecular complexity index is 1170. The zero-order valence-corrected chi connectivity index (χ0v) is 23.5. The summed E-state index contributed by atoms with van der Waals surface area (Å²) in [6.07, 6.45) is 6.26. The fraction of sp³-hybridized carbons (Fsp3) is 0.500. The van der Waals surface area contributed by atoms with Crippen molar-refractivity contribution in [2.75, 3.05) is 16.8 Å². The number of hydrogen-bond acceptors (Lipinski definition) is 3. The Morgan fingerprint density at radius 2 is 1.71 bits per heavy atom. The molecule has 2 aromatic rings. The molecule has 4 amide bonds. The van der Waals surface area contributed by atoms with E-state index in [0.717, 1.165) is 29.7 Å². The molecule has 7 nitrogen and oxygen atoms in total. The normalized spacial score (nSPS) is 20.3. The van der Waals surface area contributed by atoms with Crippen molar-refractivity contribution in [2.45, 2.75) is 83.7 Å². The smallest absolute Gasteiger partial charge is 0.319 e. The molecule has 38 heavy (non-hydrogen) atoms. The molecule has 0 spiro atoms. The van der Waals surface area contributed by atoms with Gasteiger partial charge in [-0.2, -0.15) is 0 Å². The fourth-order valence-corrected chi connectivity index (χ4v) is 5.84. The molecule has 3 N–H and O–H groups in total. The van der Waals surface area contributed by atoms with Gasteiger partial charge in [0.25, 0.3) is 0 Å². The zero-order chi connectivity index (χ0) is 27.4. The highest BCUT2D eigenvalue weighted by Crippen LogP contribution is 2.44. The van der Waals surface area contributed by atoms with E-state index in [1.54, 1.807) is 29.2 Å². The van der Waals surface area contributed by atoms with E-state index in [4.69, 9.17) is 11.6 Å². The van der Waals surface area contributed by atoms with Crippen LogP contribution in [0.25, 0.3) is 0 Å². The van der Waals surface area contributed by atoms with Crippen molar-refractivity contribution in [3.8, 4) is 0 Å². The van der Waals surface area contributed by atoms with Gasteiger partial charge in [-0.3, -0.25) is 9.59 Å².